The van der Waals surface area contributed by atoms with Crippen molar-refractivity contribution >= 4 is 39.1 Å². The van der Waals surface area contributed by atoms with E-state index in [2.05, 4.69) is 22.9 Å². The molecule has 2 aromatic rings. The highest BCUT2D eigenvalue weighted by Gasteiger charge is 2.14. The van der Waals surface area contributed by atoms with Gasteiger partial charge in [-0.1, -0.05) is 46.6 Å². The van der Waals surface area contributed by atoms with Crippen molar-refractivity contribution in [1.82, 2.24) is 0 Å². The Morgan fingerprint density at radius 1 is 1.20 bits per heavy atom. The molecule has 0 N–H and O–H groups in total. The van der Waals surface area contributed by atoms with Crippen molar-refractivity contribution in [3.8, 4) is 0 Å². The van der Waals surface area contributed by atoms with Crippen LogP contribution in [0.5, 0.6) is 0 Å². The fraction of sp³-hybridized carbons (Fsp3) is 0.188. The smallest absolute Gasteiger partial charge is 0.258 e. The summed E-state index contributed by atoms with van der Waals surface area (Å²) in [4.78, 5) is 14.1. The van der Waals surface area contributed by atoms with Gasteiger partial charge in [0.25, 0.3) is 5.91 Å². The lowest BCUT2D eigenvalue weighted by Crippen LogP contribution is -2.26. The molecule has 0 fully saturated rings. The lowest BCUT2D eigenvalue weighted by molar-refractivity contribution is 0.0993. The Kier molecular flexibility index (Phi) is 4.84. The second-order valence-electron chi connectivity index (χ2n) is 4.54. The van der Waals surface area contributed by atoms with Gasteiger partial charge in [0.2, 0.25) is 0 Å². The number of rotatable bonds is 3. The van der Waals surface area contributed by atoms with Crippen molar-refractivity contribution in [2.45, 2.75) is 13.3 Å². The van der Waals surface area contributed by atoms with Gasteiger partial charge in [0.1, 0.15) is 0 Å². The van der Waals surface area contributed by atoms with Crippen LogP contribution >= 0.6 is 27.5 Å². The number of amides is 1. The van der Waals surface area contributed by atoms with Crippen molar-refractivity contribution in [3.05, 3.63) is 63.1 Å². The summed E-state index contributed by atoms with van der Waals surface area (Å²) in [6.45, 7) is 2.10. The highest BCUT2D eigenvalue weighted by Crippen LogP contribution is 2.22. The molecule has 0 aliphatic heterocycles. The van der Waals surface area contributed by atoms with Gasteiger partial charge < -0.3 is 4.90 Å². The summed E-state index contributed by atoms with van der Waals surface area (Å²) < 4.78 is 0.795. The van der Waals surface area contributed by atoms with Gasteiger partial charge in [-0.25, -0.2) is 0 Å². The molecule has 0 spiro atoms. The first-order valence-corrected chi connectivity index (χ1v) is 7.51. The van der Waals surface area contributed by atoms with E-state index in [0.717, 1.165) is 16.6 Å². The molecular formula is C16H15BrClNO. The van der Waals surface area contributed by atoms with E-state index >= 15 is 0 Å². The van der Waals surface area contributed by atoms with Gasteiger partial charge in [0.05, 0.1) is 0 Å². The molecule has 1 amide bonds. The van der Waals surface area contributed by atoms with E-state index in [1.54, 1.807) is 30.1 Å². The molecule has 0 radical (unpaired) electrons. The van der Waals surface area contributed by atoms with Gasteiger partial charge in [-0.3, -0.25) is 4.79 Å². The van der Waals surface area contributed by atoms with Crippen LogP contribution in [-0.2, 0) is 6.42 Å². The van der Waals surface area contributed by atoms with E-state index < -0.39 is 0 Å². The number of anilines is 1. The topological polar surface area (TPSA) is 20.3 Å². The highest BCUT2D eigenvalue weighted by molar-refractivity contribution is 9.10. The summed E-state index contributed by atoms with van der Waals surface area (Å²) in [5.41, 5.74) is 2.68. The quantitative estimate of drug-likeness (QED) is 0.766. The number of carbonyl (C=O) groups excluding carboxylic acids is 1. The Balaban J connectivity index is 2.27. The van der Waals surface area contributed by atoms with Crippen molar-refractivity contribution in [2.24, 2.45) is 0 Å². The fourth-order valence-electron chi connectivity index (χ4n) is 1.94. The third-order valence-corrected chi connectivity index (χ3v) is 3.82. The lowest BCUT2D eigenvalue weighted by atomic mass is 10.1. The Hall–Kier alpha value is -1.32. The molecule has 20 heavy (non-hydrogen) atoms. The first-order chi connectivity index (χ1) is 9.51. The van der Waals surface area contributed by atoms with Gasteiger partial charge in [-0.2, -0.15) is 0 Å². The summed E-state index contributed by atoms with van der Waals surface area (Å²) in [6, 6.07) is 13.2. The first-order valence-electron chi connectivity index (χ1n) is 6.34. The molecule has 0 bridgehead atoms. The number of benzene rings is 2. The van der Waals surface area contributed by atoms with Crippen LogP contribution in [0.15, 0.2) is 46.9 Å². The number of hydrogen-bond acceptors (Lipinski definition) is 1. The summed E-state index contributed by atoms with van der Waals surface area (Å²) in [6.07, 6.45) is 0.985. The molecule has 0 heterocycles. The molecule has 0 saturated carbocycles. The molecule has 0 unspecified atom stereocenters. The van der Waals surface area contributed by atoms with E-state index in [0.29, 0.717) is 10.6 Å². The van der Waals surface area contributed by atoms with Gasteiger partial charge in [0, 0.05) is 27.8 Å². The van der Waals surface area contributed by atoms with Crippen LogP contribution in [0.1, 0.15) is 22.8 Å². The zero-order chi connectivity index (χ0) is 14.7. The maximum absolute atomic E-state index is 12.5. The minimum Gasteiger partial charge on any atom is -0.311 e. The number of carbonyl (C=O) groups is 1. The molecule has 0 aliphatic rings. The first kappa shape index (κ1) is 15.1. The molecule has 0 atom stereocenters. The van der Waals surface area contributed by atoms with E-state index in [1.807, 2.05) is 24.3 Å². The van der Waals surface area contributed by atoms with E-state index in [9.17, 15) is 4.79 Å². The molecule has 4 heteroatoms. The molecule has 2 rings (SSSR count). The van der Waals surface area contributed by atoms with Crippen molar-refractivity contribution in [2.75, 3.05) is 11.9 Å². The van der Waals surface area contributed by atoms with Crippen LogP contribution < -0.4 is 4.90 Å². The predicted molar refractivity (Wildman–Crippen MR) is 87.7 cm³/mol. The Morgan fingerprint density at radius 3 is 2.40 bits per heavy atom. The van der Waals surface area contributed by atoms with Gasteiger partial charge in [0.15, 0.2) is 0 Å². The lowest BCUT2D eigenvalue weighted by Gasteiger charge is -2.18. The van der Waals surface area contributed by atoms with Crippen LogP contribution in [0.3, 0.4) is 0 Å². The monoisotopic (exact) mass is 351 g/mol. The fourth-order valence-corrected chi connectivity index (χ4v) is 2.80. The number of halogens is 2. The molecule has 2 aromatic carbocycles. The summed E-state index contributed by atoms with van der Waals surface area (Å²) in [5, 5.41) is 0.539. The van der Waals surface area contributed by atoms with Crippen molar-refractivity contribution in [3.63, 3.8) is 0 Å². The Labute approximate surface area is 132 Å². The number of aryl methyl sites for hydroxylation is 1. The van der Waals surface area contributed by atoms with Crippen LogP contribution in [0.4, 0.5) is 5.69 Å². The van der Waals surface area contributed by atoms with Crippen LogP contribution in [0, 0.1) is 0 Å². The van der Waals surface area contributed by atoms with E-state index in [1.165, 1.54) is 5.56 Å². The van der Waals surface area contributed by atoms with Crippen LogP contribution in [0.25, 0.3) is 0 Å². The average molecular weight is 353 g/mol. The standard InChI is InChI=1S/C16H15BrClNO/c1-3-11-4-6-15(7-5-11)19(2)16(20)12-8-13(17)10-14(18)9-12/h4-10H,3H2,1-2H3. The maximum atomic E-state index is 12.5. The summed E-state index contributed by atoms with van der Waals surface area (Å²) in [5.74, 6) is -0.0857. The molecule has 2 nitrogen and oxygen atoms in total. The summed E-state index contributed by atoms with van der Waals surface area (Å²) in [7, 11) is 1.76. The maximum Gasteiger partial charge on any atom is 0.258 e. The normalized spacial score (nSPS) is 10.4. The zero-order valence-electron chi connectivity index (χ0n) is 11.4. The molecule has 0 saturated heterocycles. The minimum atomic E-state index is -0.0857. The Bertz CT molecular complexity index is 605. The third-order valence-electron chi connectivity index (χ3n) is 3.15. The largest absolute Gasteiger partial charge is 0.311 e. The number of nitrogens with zero attached hydrogens (tertiary/aromatic N) is 1. The second kappa shape index (κ2) is 6.42. The van der Waals surface area contributed by atoms with Crippen LogP contribution in [0.2, 0.25) is 5.02 Å². The number of hydrogen-bond donors (Lipinski definition) is 0. The molecule has 104 valence electrons. The molecule has 0 aliphatic carbocycles. The van der Waals surface area contributed by atoms with E-state index in [4.69, 9.17) is 11.6 Å². The third kappa shape index (κ3) is 3.41. The molecular weight excluding hydrogens is 338 g/mol. The van der Waals surface area contributed by atoms with E-state index in [-0.39, 0.29) is 5.91 Å². The van der Waals surface area contributed by atoms with Crippen molar-refractivity contribution < 1.29 is 4.79 Å². The minimum absolute atomic E-state index is 0.0857. The highest BCUT2D eigenvalue weighted by atomic mass is 79.9. The predicted octanol–water partition coefficient (Wildman–Crippen LogP) is 4.94. The SMILES string of the molecule is CCc1ccc(N(C)C(=O)c2cc(Cl)cc(Br)c2)cc1. The van der Waals surface area contributed by atoms with Crippen LogP contribution in [-0.4, -0.2) is 13.0 Å². The van der Waals surface area contributed by atoms with Gasteiger partial charge in [-0.05, 0) is 42.3 Å². The Morgan fingerprint density at radius 2 is 1.85 bits per heavy atom. The average Bonchev–Trinajstić information content (AvgIpc) is 2.45. The molecule has 0 aromatic heterocycles. The van der Waals surface area contributed by atoms with Gasteiger partial charge >= 0.3 is 0 Å². The van der Waals surface area contributed by atoms with Gasteiger partial charge in [-0.15, -0.1) is 0 Å². The van der Waals surface area contributed by atoms with Crippen molar-refractivity contribution in [1.29, 1.82) is 0 Å². The summed E-state index contributed by atoms with van der Waals surface area (Å²) >= 11 is 9.33. The zero-order valence-corrected chi connectivity index (χ0v) is 13.7. The second-order valence-corrected chi connectivity index (χ2v) is 5.89.